The first-order chi connectivity index (χ1) is 8.90. The average molecular weight is 240 g/mol. The molecule has 0 aliphatic carbocycles. The predicted molar refractivity (Wildman–Crippen MR) is 66.4 cm³/mol. The van der Waals surface area contributed by atoms with Gasteiger partial charge < -0.3 is 0 Å². The van der Waals surface area contributed by atoms with Gasteiger partial charge in [-0.3, -0.25) is 5.84 Å². The van der Waals surface area contributed by atoms with Crippen molar-refractivity contribution in [3.8, 4) is 0 Å². The molecule has 3 aromatic heterocycles. The van der Waals surface area contributed by atoms with Crippen LogP contribution < -0.4 is 11.3 Å². The van der Waals surface area contributed by atoms with E-state index in [2.05, 4.69) is 20.5 Å². The van der Waals surface area contributed by atoms with Gasteiger partial charge in [-0.25, -0.2) is 19.9 Å². The highest BCUT2D eigenvalue weighted by Gasteiger charge is 2.17. The van der Waals surface area contributed by atoms with E-state index in [0.29, 0.717) is 0 Å². The van der Waals surface area contributed by atoms with Crippen molar-refractivity contribution in [2.24, 2.45) is 5.84 Å². The third-order valence-corrected chi connectivity index (χ3v) is 2.85. The SMILES string of the molecule is NNC(c1cncnc1)c1cnn2ccccc12. The molecule has 6 nitrogen and oxygen atoms in total. The van der Waals surface area contributed by atoms with E-state index in [1.165, 1.54) is 6.33 Å². The Bertz CT molecular complexity index is 648. The first-order valence-electron chi connectivity index (χ1n) is 5.53. The van der Waals surface area contributed by atoms with Gasteiger partial charge in [0, 0.05) is 29.7 Å². The molecule has 0 aliphatic heterocycles. The molecule has 6 heteroatoms. The Morgan fingerprint density at radius 1 is 1.17 bits per heavy atom. The molecule has 3 heterocycles. The molecule has 0 fully saturated rings. The molecule has 0 aliphatic rings. The zero-order valence-corrected chi connectivity index (χ0v) is 9.56. The van der Waals surface area contributed by atoms with Gasteiger partial charge in [0.15, 0.2) is 0 Å². The van der Waals surface area contributed by atoms with E-state index < -0.39 is 0 Å². The molecule has 0 spiro atoms. The number of hydrogen-bond acceptors (Lipinski definition) is 5. The molecule has 0 radical (unpaired) electrons. The van der Waals surface area contributed by atoms with Gasteiger partial charge in [0.1, 0.15) is 6.33 Å². The summed E-state index contributed by atoms with van der Waals surface area (Å²) in [5.74, 6) is 5.64. The Morgan fingerprint density at radius 2 is 2.00 bits per heavy atom. The van der Waals surface area contributed by atoms with Crippen LogP contribution in [0.5, 0.6) is 0 Å². The first-order valence-corrected chi connectivity index (χ1v) is 5.53. The van der Waals surface area contributed by atoms with Crippen molar-refractivity contribution in [1.82, 2.24) is 25.0 Å². The molecule has 3 rings (SSSR count). The van der Waals surface area contributed by atoms with Crippen LogP contribution in [-0.2, 0) is 0 Å². The number of nitrogens with one attached hydrogen (secondary N) is 1. The maximum atomic E-state index is 5.64. The zero-order valence-electron chi connectivity index (χ0n) is 9.56. The van der Waals surface area contributed by atoms with Crippen molar-refractivity contribution in [1.29, 1.82) is 0 Å². The zero-order chi connectivity index (χ0) is 12.4. The van der Waals surface area contributed by atoms with Crippen molar-refractivity contribution in [3.05, 3.63) is 60.4 Å². The lowest BCUT2D eigenvalue weighted by atomic mass is 10.0. The van der Waals surface area contributed by atoms with Crippen molar-refractivity contribution in [3.63, 3.8) is 0 Å². The van der Waals surface area contributed by atoms with E-state index in [9.17, 15) is 0 Å². The van der Waals surface area contributed by atoms with Crippen LogP contribution in [0.2, 0.25) is 0 Å². The summed E-state index contributed by atoms with van der Waals surface area (Å²) in [7, 11) is 0. The smallest absolute Gasteiger partial charge is 0.115 e. The van der Waals surface area contributed by atoms with E-state index in [1.54, 1.807) is 18.6 Å². The average Bonchev–Trinajstić information content (AvgIpc) is 2.85. The fraction of sp³-hybridized carbons (Fsp3) is 0.0833. The van der Waals surface area contributed by atoms with Crippen LogP contribution in [0.25, 0.3) is 5.52 Å². The second-order valence-corrected chi connectivity index (χ2v) is 3.90. The van der Waals surface area contributed by atoms with E-state index in [4.69, 9.17) is 5.84 Å². The quantitative estimate of drug-likeness (QED) is 0.519. The van der Waals surface area contributed by atoms with Crippen molar-refractivity contribution in [2.75, 3.05) is 0 Å². The molecule has 0 bridgehead atoms. The van der Waals surface area contributed by atoms with Crippen molar-refractivity contribution < 1.29 is 0 Å². The minimum absolute atomic E-state index is 0.175. The molecule has 0 aromatic carbocycles. The lowest BCUT2D eigenvalue weighted by Gasteiger charge is -2.14. The summed E-state index contributed by atoms with van der Waals surface area (Å²) < 4.78 is 1.81. The van der Waals surface area contributed by atoms with E-state index in [-0.39, 0.29) is 6.04 Å². The number of hydrazine groups is 1. The number of rotatable bonds is 3. The van der Waals surface area contributed by atoms with Crippen LogP contribution in [0.3, 0.4) is 0 Å². The van der Waals surface area contributed by atoms with Gasteiger partial charge in [-0.1, -0.05) is 6.07 Å². The van der Waals surface area contributed by atoms with Crippen molar-refractivity contribution in [2.45, 2.75) is 6.04 Å². The highest BCUT2D eigenvalue weighted by molar-refractivity contribution is 5.56. The number of fused-ring (bicyclic) bond motifs is 1. The maximum absolute atomic E-state index is 5.64. The Morgan fingerprint density at radius 3 is 2.78 bits per heavy atom. The van der Waals surface area contributed by atoms with Gasteiger partial charge in [0.2, 0.25) is 0 Å². The Kier molecular flexibility index (Phi) is 2.71. The second kappa shape index (κ2) is 4.52. The highest BCUT2D eigenvalue weighted by Crippen LogP contribution is 2.23. The summed E-state index contributed by atoms with van der Waals surface area (Å²) in [5.41, 5.74) is 5.68. The molecule has 1 unspecified atom stereocenters. The van der Waals surface area contributed by atoms with E-state index >= 15 is 0 Å². The summed E-state index contributed by atoms with van der Waals surface area (Å²) in [5, 5.41) is 4.29. The molecule has 3 aromatic rings. The molecule has 18 heavy (non-hydrogen) atoms. The van der Waals surface area contributed by atoms with Gasteiger partial charge >= 0.3 is 0 Å². The minimum atomic E-state index is -0.175. The lowest BCUT2D eigenvalue weighted by Crippen LogP contribution is -2.28. The first kappa shape index (κ1) is 10.8. The van der Waals surface area contributed by atoms with Crippen LogP contribution in [0.1, 0.15) is 17.2 Å². The lowest BCUT2D eigenvalue weighted by molar-refractivity contribution is 0.635. The molecule has 0 saturated heterocycles. The van der Waals surface area contributed by atoms with Crippen LogP contribution in [0, 0.1) is 0 Å². The summed E-state index contributed by atoms with van der Waals surface area (Å²) in [6.45, 7) is 0. The molecule has 90 valence electrons. The van der Waals surface area contributed by atoms with Crippen LogP contribution >= 0.6 is 0 Å². The van der Waals surface area contributed by atoms with Crippen LogP contribution in [-0.4, -0.2) is 19.6 Å². The van der Waals surface area contributed by atoms with Gasteiger partial charge in [0.05, 0.1) is 17.8 Å². The predicted octanol–water partition coefficient (Wildman–Crippen LogP) is 0.677. The number of aromatic nitrogens is 4. The van der Waals surface area contributed by atoms with Gasteiger partial charge in [-0.05, 0) is 12.1 Å². The molecule has 0 saturated carbocycles. The molecular formula is C12H12N6. The Balaban J connectivity index is 2.12. The van der Waals surface area contributed by atoms with Crippen molar-refractivity contribution >= 4 is 5.52 Å². The monoisotopic (exact) mass is 240 g/mol. The third-order valence-electron chi connectivity index (χ3n) is 2.85. The normalized spacial score (nSPS) is 12.7. The standard InChI is InChI=1S/C12H12N6/c13-17-12(9-5-14-8-15-6-9)10-7-16-18-4-2-1-3-11(10)18/h1-8,12,17H,13H2. The molecular weight excluding hydrogens is 228 g/mol. The highest BCUT2D eigenvalue weighted by atomic mass is 15.3. The third kappa shape index (κ3) is 1.73. The van der Waals surface area contributed by atoms with Gasteiger partial charge in [-0.2, -0.15) is 5.10 Å². The molecule has 3 N–H and O–H groups in total. The van der Waals surface area contributed by atoms with Gasteiger partial charge in [-0.15, -0.1) is 0 Å². The Hall–Kier alpha value is -2.31. The number of nitrogens with zero attached hydrogens (tertiary/aromatic N) is 4. The largest absolute Gasteiger partial charge is 0.271 e. The maximum Gasteiger partial charge on any atom is 0.115 e. The van der Waals surface area contributed by atoms with Gasteiger partial charge in [0.25, 0.3) is 0 Å². The summed E-state index contributed by atoms with van der Waals surface area (Å²) in [4.78, 5) is 8.02. The van der Waals surface area contributed by atoms with E-state index in [0.717, 1.165) is 16.6 Å². The van der Waals surface area contributed by atoms with E-state index in [1.807, 2.05) is 28.9 Å². The fourth-order valence-corrected chi connectivity index (χ4v) is 2.00. The summed E-state index contributed by atoms with van der Waals surface area (Å²) >= 11 is 0. The molecule has 0 amide bonds. The minimum Gasteiger partial charge on any atom is -0.271 e. The fourth-order valence-electron chi connectivity index (χ4n) is 2.00. The topological polar surface area (TPSA) is 81.1 Å². The number of nitrogens with two attached hydrogens (primary N) is 1. The number of pyridine rings is 1. The second-order valence-electron chi connectivity index (χ2n) is 3.90. The Labute approximate surface area is 103 Å². The number of hydrogen-bond donors (Lipinski definition) is 2. The summed E-state index contributed by atoms with van der Waals surface area (Å²) in [6, 6.07) is 5.72. The summed E-state index contributed by atoms with van der Waals surface area (Å²) in [6.07, 6.45) is 8.67. The molecule has 1 atom stereocenters. The van der Waals surface area contributed by atoms with Crippen LogP contribution in [0.15, 0.2) is 49.3 Å². The van der Waals surface area contributed by atoms with Crippen LogP contribution in [0.4, 0.5) is 0 Å².